The maximum atomic E-state index is 2.67. The molecule has 1 heterocycles. The summed E-state index contributed by atoms with van der Waals surface area (Å²) >= 11 is 0. The van der Waals surface area contributed by atoms with Gasteiger partial charge in [-0.25, -0.2) is 0 Å². The van der Waals surface area contributed by atoms with Crippen LogP contribution in [0.25, 0.3) is 0 Å². The molecule has 2 fully saturated rings. The van der Waals surface area contributed by atoms with E-state index < -0.39 is 0 Å². The molecule has 0 N–H and O–H groups in total. The van der Waals surface area contributed by atoms with E-state index in [1.807, 2.05) is 0 Å². The van der Waals surface area contributed by atoms with Crippen molar-refractivity contribution in [3.63, 3.8) is 0 Å². The van der Waals surface area contributed by atoms with Gasteiger partial charge in [-0.05, 0) is 49.1 Å². The molecule has 2 bridgehead atoms. The summed E-state index contributed by atoms with van der Waals surface area (Å²) in [7, 11) is 0. The monoisotopic (exact) mass is 310 g/mol. The Morgan fingerprint density at radius 1 is 1.04 bits per heavy atom. The van der Waals surface area contributed by atoms with Gasteiger partial charge in [0.25, 0.3) is 0 Å². The van der Waals surface area contributed by atoms with E-state index in [2.05, 4.69) is 60.9 Å². The first kappa shape index (κ1) is 15.3. The van der Waals surface area contributed by atoms with Crippen LogP contribution in [0, 0.1) is 24.2 Å². The van der Waals surface area contributed by atoms with Gasteiger partial charge >= 0.3 is 0 Å². The molecule has 1 aromatic rings. The largest absolute Gasteiger partial charge is 0.369 e. The highest BCUT2D eigenvalue weighted by molar-refractivity contribution is 5.47. The summed E-state index contributed by atoms with van der Waals surface area (Å²) in [6, 6.07) is 8.99. The molecule has 23 heavy (non-hydrogen) atoms. The third-order valence-corrected chi connectivity index (χ3v) is 6.76. The number of rotatable bonds is 3. The predicted octanol–water partition coefficient (Wildman–Crippen LogP) is 4.11. The Morgan fingerprint density at radius 2 is 1.74 bits per heavy atom. The van der Waals surface area contributed by atoms with Gasteiger partial charge in [-0.15, -0.1) is 0 Å². The number of aryl methyl sites for hydroxylation is 1. The summed E-state index contributed by atoms with van der Waals surface area (Å²) in [5.74, 6) is 1.81. The number of allylic oxidation sites excluding steroid dienone is 1. The molecule has 0 aromatic heterocycles. The van der Waals surface area contributed by atoms with Gasteiger partial charge in [-0.2, -0.15) is 0 Å². The van der Waals surface area contributed by atoms with Crippen LogP contribution < -0.4 is 4.90 Å². The number of nitrogens with zero attached hydrogens (tertiary/aromatic N) is 2. The minimum atomic E-state index is 0.563. The zero-order valence-electron chi connectivity index (χ0n) is 14.9. The minimum absolute atomic E-state index is 0.563. The molecule has 1 saturated heterocycles. The van der Waals surface area contributed by atoms with E-state index in [-0.39, 0.29) is 0 Å². The molecule has 2 heteroatoms. The second kappa shape index (κ2) is 5.66. The van der Waals surface area contributed by atoms with Crippen LogP contribution in [0.4, 0.5) is 5.69 Å². The lowest BCUT2D eigenvalue weighted by molar-refractivity contribution is -0.0107. The first-order chi connectivity index (χ1) is 11.0. The molecular weight excluding hydrogens is 280 g/mol. The fraction of sp³-hybridized carbons (Fsp3) is 0.619. The van der Waals surface area contributed by atoms with Gasteiger partial charge in [-0.3, -0.25) is 4.90 Å². The second-order valence-corrected chi connectivity index (χ2v) is 8.42. The van der Waals surface area contributed by atoms with Crippen LogP contribution in [0.3, 0.4) is 0 Å². The third-order valence-electron chi connectivity index (χ3n) is 6.76. The van der Waals surface area contributed by atoms with Crippen molar-refractivity contribution >= 4 is 5.69 Å². The van der Waals surface area contributed by atoms with Crippen molar-refractivity contribution in [1.82, 2.24) is 4.90 Å². The molecule has 5 rings (SSSR count). The molecule has 4 aliphatic rings. The van der Waals surface area contributed by atoms with Crippen molar-refractivity contribution in [2.24, 2.45) is 17.3 Å². The van der Waals surface area contributed by atoms with Gasteiger partial charge in [-0.1, -0.05) is 43.2 Å². The standard InChI is InChI=1S/C21H30N2/c1-16-4-8-19(9-5-16)23-12-10-22(11-13-23)15-17-6-7-18-14-20(17)21(18,2)3/h4-6,8-9,18,20H,7,10-15H2,1-3H3/t18-,20+/m0/s1. The summed E-state index contributed by atoms with van der Waals surface area (Å²) in [5, 5.41) is 0. The molecule has 1 saturated carbocycles. The smallest absolute Gasteiger partial charge is 0.0367 e. The van der Waals surface area contributed by atoms with E-state index in [9.17, 15) is 0 Å². The van der Waals surface area contributed by atoms with Crippen LogP contribution in [-0.2, 0) is 0 Å². The number of anilines is 1. The quantitative estimate of drug-likeness (QED) is 0.775. The summed E-state index contributed by atoms with van der Waals surface area (Å²) in [4.78, 5) is 5.21. The number of piperazine rings is 1. The zero-order valence-corrected chi connectivity index (χ0v) is 14.9. The number of hydrogen-bond donors (Lipinski definition) is 0. The van der Waals surface area contributed by atoms with E-state index in [1.54, 1.807) is 5.57 Å². The van der Waals surface area contributed by atoms with E-state index in [0.717, 1.165) is 24.9 Å². The fourth-order valence-corrected chi connectivity index (χ4v) is 4.83. The molecule has 0 spiro atoms. The van der Waals surface area contributed by atoms with Gasteiger partial charge in [0.2, 0.25) is 0 Å². The Hall–Kier alpha value is -1.28. The van der Waals surface area contributed by atoms with Crippen molar-refractivity contribution < 1.29 is 0 Å². The number of benzene rings is 1. The van der Waals surface area contributed by atoms with Crippen LogP contribution in [0.1, 0.15) is 32.3 Å². The molecule has 124 valence electrons. The normalized spacial score (nSPS) is 29.9. The highest BCUT2D eigenvalue weighted by Gasteiger charge is 2.51. The van der Waals surface area contributed by atoms with Crippen molar-refractivity contribution in [2.45, 2.75) is 33.6 Å². The molecule has 0 radical (unpaired) electrons. The van der Waals surface area contributed by atoms with Crippen molar-refractivity contribution in [3.05, 3.63) is 41.5 Å². The van der Waals surface area contributed by atoms with Gasteiger partial charge in [0.1, 0.15) is 0 Å². The molecule has 2 nitrogen and oxygen atoms in total. The van der Waals surface area contributed by atoms with Crippen molar-refractivity contribution in [3.8, 4) is 0 Å². The van der Waals surface area contributed by atoms with Crippen molar-refractivity contribution in [2.75, 3.05) is 37.6 Å². The lowest BCUT2D eigenvalue weighted by atomic mass is 9.49. The van der Waals surface area contributed by atoms with E-state index in [4.69, 9.17) is 0 Å². The molecule has 2 atom stereocenters. The lowest BCUT2D eigenvalue weighted by Crippen LogP contribution is -2.52. The molecule has 0 amide bonds. The average Bonchev–Trinajstić information content (AvgIpc) is 2.56. The summed E-state index contributed by atoms with van der Waals surface area (Å²) in [5.41, 5.74) is 5.03. The van der Waals surface area contributed by atoms with E-state index in [0.29, 0.717) is 5.41 Å². The number of hydrogen-bond acceptors (Lipinski definition) is 2. The molecular formula is C21H30N2. The van der Waals surface area contributed by atoms with Gasteiger partial charge in [0.15, 0.2) is 0 Å². The zero-order chi connectivity index (χ0) is 16.0. The molecule has 1 aromatic carbocycles. The second-order valence-electron chi connectivity index (χ2n) is 8.42. The first-order valence-electron chi connectivity index (χ1n) is 9.27. The third kappa shape index (κ3) is 2.71. The Morgan fingerprint density at radius 3 is 2.35 bits per heavy atom. The van der Waals surface area contributed by atoms with Crippen LogP contribution in [-0.4, -0.2) is 37.6 Å². The highest BCUT2D eigenvalue weighted by Crippen LogP contribution is 2.59. The topological polar surface area (TPSA) is 6.48 Å². The van der Waals surface area contributed by atoms with Gasteiger partial charge in [0.05, 0.1) is 0 Å². The SMILES string of the molecule is Cc1ccc(N2CCN(CC3=CC[C@H]4C[C@H]3C4(C)C)CC2)cc1. The summed E-state index contributed by atoms with van der Waals surface area (Å²) in [6.07, 6.45) is 5.33. The van der Waals surface area contributed by atoms with Crippen LogP contribution in [0.5, 0.6) is 0 Å². The predicted molar refractivity (Wildman–Crippen MR) is 97.9 cm³/mol. The number of fused-ring (bicyclic) bond motifs is 1. The Bertz CT molecular complexity index is 591. The molecule has 0 unspecified atom stereocenters. The molecule has 1 aliphatic heterocycles. The maximum Gasteiger partial charge on any atom is 0.0367 e. The van der Waals surface area contributed by atoms with Gasteiger partial charge < -0.3 is 4.90 Å². The van der Waals surface area contributed by atoms with E-state index >= 15 is 0 Å². The maximum absolute atomic E-state index is 2.67. The minimum Gasteiger partial charge on any atom is -0.369 e. The summed E-state index contributed by atoms with van der Waals surface area (Å²) < 4.78 is 0. The Labute approximate surface area is 141 Å². The van der Waals surface area contributed by atoms with Crippen LogP contribution >= 0.6 is 0 Å². The molecule has 3 aliphatic carbocycles. The average molecular weight is 310 g/mol. The fourth-order valence-electron chi connectivity index (χ4n) is 4.83. The van der Waals surface area contributed by atoms with Gasteiger partial charge in [0, 0.05) is 38.4 Å². The Kier molecular flexibility index (Phi) is 3.76. The van der Waals surface area contributed by atoms with Crippen molar-refractivity contribution in [1.29, 1.82) is 0 Å². The first-order valence-corrected chi connectivity index (χ1v) is 9.27. The lowest BCUT2D eigenvalue weighted by Gasteiger charge is -2.57. The Balaban J connectivity index is 1.34. The van der Waals surface area contributed by atoms with Crippen LogP contribution in [0.2, 0.25) is 0 Å². The van der Waals surface area contributed by atoms with Crippen LogP contribution in [0.15, 0.2) is 35.9 Å². The summed E-state index contributed by atoms with van der Waals surface area (Å²) in [6.45, 7) is 13.0. The highest BCUT2D eigenvalue weighted by atomic mass is 15.3. The van der Waals surface area contributed by atoms with E-state index in [1.165, 1.54) is 43.7 Å².